The summed E-state index contributed by atoms with van der Waals surface area (Å²) in [6.45, 7) is 5.65. The first-order valence-electron chi connectivity index (χ1n) is 6.64. The van der Waals surface area contributed by atoms with Crippen molar-refractivity contribution >= 4 is 34.2 Å². The Hall–Kier alpha value is -2.61. The van der Waals surface area contributed by atoms with Crippen LogP contribution in [0.2, 0.25) is 0 Å². The summed E-state index contributed by atoms with van der Waals surface area (Å²) in [6.07, 6.45) is 5.93. The minimum atomic E-state index is 0.885. The molecule has 0 aliphatic heterocycles. The van der Waals surface area contributed by atoms with Gasteiger partial charge in [-0.1, -0.05) is 36.4 Å². The standard InChI is InChI=1S/C18H16N2/c1-3-4-8-16(19-2)13-10-11-18-15(12-13)14-7-5-6-9-17(14)20-18/h3-12,20H,2H2,1H3/b4-3-,16-8-. The van der Waals surface area contributed by atoms with Gasteiger partial charge in [0.2, 0.25) is 0 Å². The molecule has 0 aliphatic rings. The SMILES string of the molecule is C=N/C(=C\C=C/C)c1ccc2[nH]c3ccccc3c2c1. The van der Waals surface area contributed by atoms with E-state index < -0.39 is 0 Å². The second kappa shape index (κ2) is 5.17. The molecule has 3 rings (SSSR count). The molecule has 0 unspecified atom stereocenters. The molecule has 3 aromatic rings. The van der Waals surface area contributed by atoms with Crippen LogP contribution < -0.4 is 0 Å². The number of hydrogen-bond donors (Lipinski definition) is 1. The Morgan fingerprint density at radius 1 is 1.10 bits per heavy atom. The van der Waals surface area contributed by atoms with Crippen LogP contribution in [0, 0.1) is 0 Å². The van der Waals surface area contributed by atoms with E-state index in [-0.39, 0.29) is 0 Å². The summed E-state index contributed by atoms with van der Waals surface area (Å²) >= 11 is 0. The van der Waals surface area contributed by atoms with E-state index in [1.165, 1.54) is 10.8 Å². The van der Waals surface area contributed by atoms with Crippen LogP contribution in [-0.2, 0) is 0 Å². The molecule has 0 bridgehead atoms. The number of rotatable bonds is 3. The maximum atomic E-state index is 4.12. The average Bonchev–Trinajstić information content (AvgIpc) is 2.86. The maximum absolute atomic E-state index is 4.12. The average molecular weight is 260 g/mol. The fraction of sp³-hybridized carbons (Fsp3) is 0.0556. The second-order valence-corrected chi connectivity index (χ2v) is 4.67. The molecule has 0 aliphatic carbocycles. The molecule has 98 valence electrons. The Morgan fingerprint density at radius 3 is 2.70 bits per heavy atom. The van der Waals surface area contributed by atoms with E-state index in [0.717, 1.165) is 22.3 Å². The van der Waals surface area contributed by atoms with Gasteiger partial charge in [0.05, 0.1) is 5.70 Å². The van der Waals surface area contributed by atoms with Gasteiger partial charge in [0.1, 0.15) is 0 Å². The van der Waals surface area contributed by atoms with Crippen LogP contribution in [0.5, 0.6) is 0 Å². The summed E-state index contributed by atoms with van der Waals surface area (Å²) in [5, 5.41) is 2.45. The monoisotopic (exact) mass is 260 g/mol. The highest BCUT2D eigenvalue weighted by Gasteiger charge is 2.06. The van der Waals surface area contributed by atoms with Gasteiger partial charge in [-0.15, -0.1) is 0 Å². The van der Waals surface area contributed by atoms with Crippen LogP contribution >= 0.6 is 0 Å². The van der Waals surface area contributed by atoms with Gasteiger partial charge < -0.3 is 4.98 Å². The van der Waals surface area contributed by atoms with Gasteiger partial charge in [0.15, 0.2) is 0 Å². The molecule has 2 aromatic carbocycles. The molecule has 0 saturated carbocycles. The predicted molar refractivity (Wildman–Crippen MR) is 88.1 cm³/mol. The quantitative estimate of drug-likeness (QED) is 0.510. The first kappa shape index (κ1) is 12.4. The van der Waals surface area contributed by atoms with E-state index >= 15 is 0 Å². The lowest BCUT2D eigenvalue weighted by Gasteiger charge is -2.01. The lowest BCUT2D eigenvalue weighted by Crippen LogP contribution is -1.80. The van der Waals surface area contributed by atoms with Crippen molar-refractivity contribution in [1.82, 2.24) is 4.98 Å². The number of fused-ring (bicyclic) bond motifs is 3. The summed E-state index contributed by atoms with van der Waals surface area (Å²) in [4.78, 5) is 7.54. The second-order valence-electron chi connectivity index (χ2n) is 4.67. The predicted octanol–water partition coefficient (Wildman–Crippen LogP) is 4.94. The van der Waals surface area contributed by atoms with Gasteiger partial charge in [0.25, 0.3) is 0 Å². The minimum Gasteiger partial charge on any atom is -0.355 e. The van der Waals surface area contributed by atoms with E-state index in [1.807, 2.05) is 31.2 Å². The molecule has 20 heavy (non-hydrogen) atoms. The van der Waals surface area contributed by atoms with Crippen molar-refractivity contribution in [3.63, 3.8) is 0 Å². The zero-order valence-corrected chi connectivity index (χ0v) is 11.4. The fourth-order valence-electron chi connectivity index (χ4n) is 2.44. The summed E-state index contributed by atoms with van der Waals surface area (Å²) in [5.74, 6) is 0. The number of aromatic nitrogens is 1. The normalized spacial score (nSPS) is 12.6. The molecule has 0 saturated heterocycles. The van der Waals surface area contributed by atoms with E-state index in [1.54, 1.807) is 0 Å². The van der Waals surface area contributed by atoms with Crippen LogP contribution in [0.1, 0.15) is 12.5 Å². The smallest absolute Gasteiger partial charge is 0.0694 e. The summed E-state index contributed by atoms with van der Waals surface area (Å²) < 4.78 is 0. The van der Waals surface area contributed by atoms with Crippen LogP contribution in [0.15, 0.2) is 65.7 Å². The van der Waals surface area contributed by atoms with Gasteiger partial charge in [-0.3, -0.25) is 4.99 Å². The third-order valence-electron chi connectivity index (χ3n) is 3.42. The number of benzene rings is 2. The van der Waals surface area contributed by atoms with Crippen molar-refractivity contribution in [1.29, 1.82) is 0 Å². The summed E-state index contributed by atoms with van der Waals surface area (Å²) in [6, 6.07) is 14.7. The van der Waals surface area contributed by atoms with E-state index in [4.69, 9.17) is 0 Å². The topological polar surface area (TPSA) is 28.1 Å². The van der Waals surface area contributed by atoms with Crippen LogP contribution in [0.3, 0.4) is 0 Å². The fourth-order valence-corrected chi connectivity index (χ4v) is 2.44. The molecule has 0 radical (unpaired) electrons. The molecule has 1 heterocycles. The Labute approximate surface area is 118 Å². The highest BCUT2D eigenvalue weighted by atomic mass is 14.7. The van der Waals surface area contributed by atoms with Crippen molar-refractivity contribution in [3.05, 3.63) is 66.3 Å². The van der Waals surface area contributed by atoms with Crippen LogP contribution in [-0.4, -0.2) is 11.7 Å². The lowest BCUT2D eigenvalue weighted by molar-refractivity contribution is 1.51. The van der Waals surface area contributed by atoms with Gasteiger partial charge in [-0.2, -0.15) is 0 Å². The summed E-state index contributed by atoms with van der Waals surface area (Å²) in [7, 11) is 0. The van der Waals surface area contributed by atoms with E-state index in [2.05, 4.69) is 53.1 Å². The van der Waals surface area contributed by atoms with Crippen molar-refractivity contribution in [2.45, 2.75) is 6.92 Å². The van der Waals surface area contributed by atoms with Crippen LogP contribution in [0.25, 0.3) is 27.5 Å². The van der Waals surface area contributed by atoms with Crippen molar-refractivity contribution < 1.29 is 0 Å². The third-order valence-corrected chi connectivity index (χ3v) is 3.42. The van der Waals surface area contributed by atoms with Gasteiger partial charge in [0, 0.05) is 27.4 Å². The number of aliphatic imine (C=N–C) groups is 1. The molecule has 0 atom stereocenters. The number of aromatic amines is 1. The molecule has 0 amide bonds. The molecule has 0 fully saturated rings. The third kappa shape index (κ3) is 2.05. The molecule has 2 nitrogen and oxygen atoms in total. The van der Waals surface area contributed by atoms with Crippen LogP contribution in [0.4, 0.5) is 0 Å². The molecular weight excluding hydrogens is 244 g/mol. The Balaban J connectivity index is 2.23. The highest BCUT2D eigenvalue weighted by Crippen LogP contribution is 2.28. The highest BCUT2D eigenvalue weighted by molar-refractivity contribution is 6.08. The Morgan fingerprint density at radius 2 is 1.90 bits per heavy atom. The number of allylic oxidation sites excluding steroid dienone is 3. The van der Waals surface area contributed by atoms with Crippen molar-refractivity contribution in [2.24, 2.45) is 4.99 Å². The largest absolute Gasteiger partial charge is 0.355 e. The van der Waals surface area contributed by atoms with E-state index in [9.17, 15) is 0 Å². The zero-order valence-electron chi connectivity index (χ0n) is 11.4. The number of H-pyrrole nitrogens is 1. The minimum absolute atomic E-state index is 0.885. The number of hydrogen-bond acceptors (Lipinski definition) is 1. The Kier molecular flexibility index (Phi) is 3.21. The number of para-hydroxylation sites is 1. The number of nitrogens with one attached hydrogen (secondary N) is 1. The van der Waals surface area contributed by atoms with Gasteiger partial charge in [-0.25, -0.2) is 0 Å². The van der Waals surface area contributed by atoms with Gasteiger partial charge >= 0.3 is 0 Å². The molecule has 1 aromatic heterocycles. The Bertz CT molecular complexity index is 835. The molecule has 2 heteroatoms. The number of nitrogens with zero attached hydrogens (tertiary/aromatic N) is 1. The summed E-state index contributed by atoms with van der Waals surface area (Å²) in [5.41, 5.74) is 4.26. The molecule has 0 spiro atoms. The molecule has 1 N–H and O–H groups in total. The van der Waals surface area contributed by atoms with Crippen molar-refractivity contribution in [3.8, 4) is 0 Å². The molecular formula is C18H16N2. The lowest BCUT2D eigenvalue weighted by atomic mass is 10.1. The first-order valence-corrected chi connectivity index (χ1v) is 6.64. The zero-order chi connectivity index (χ0) is 13.9. The van der Waals surface area contributed by atoms with Gasteiger partial charge in [-0.05, 0) is 37.9 Å². The van der Waals surface area contributed by atoms with Crippen molar-refractivity contribution in [2.75, 3.05) is 0 Å². The maximum Gasteiger partial charge on any atom is 0.0694 e. The van der Waals surface area contributed by atoms with E-state index in [0.29, 0.717) is 0 Å². The first-order chi connectivity index (χ1) is 9.83.